The minimum atomic E-state index is -3.61. The van der Waals surface area contributed by atoms with Gasteiger partial charge in [0.25, 0.3) is 10.1 Å². The first-order valence-electron chi connectivity index (χ1n) is 7.27. The number of ether oxygens (including phenoxy) is 4. The van der Waals surface area contributed by atoms with Crippen LogP contribution in [0.15, 0.2) is 0 Å². The van der Waals surface area contributed by atoms with Crippen molar-refractivity contribution in [3.05, 3.63) is 0 Å². The van der Waals surface area contributed by atoms with Gasteiger partial charge in [0.2, 0.25) is 0 Å². The molecule has 0 aromatic heterocycles. The van der Waals surface area contributed by atoms with E-state index in [0.29, 0.717) is 12.8 Å². The summed E-state index contributed by atoms with van der Waals surface area (Å²) in [4.78, 5) is 0. The van der Waals surface area contributed by atoms with Gasteiger partial charge in [-0.25, -0.2) is 0 Å². The number of rotatable bonds is 5. The van der Waals surface area contributed by atoms with Crippen molar-refractivity contribution in [2.24, 2.45) is 5.73 Å². The molecular weight excluding hydrogens is 314 g/mol. The highest BCUT2D eigenvalue weighted by Gasteiger charge is 2.50. The Balaban J connectivity index is 2.20. The molecule has 130 valence electrons. The SMILES string of the molecule is CO[C@H]1CC[C@H](OS(C)(=O)=O)[C@H]([C@@H]2OC(C)(C)O[C@H]2CN)O1. The fraction of sp³-hybridized carbons (Fsp3) is 1.00. The molecule has 2 rings (SSSR count). The van der Waals surface area contributed by atoms with E-state index in [4.69, 9.17) is 28.9 Å². The molecule has 22 heavy (non-hydrogen) atoms. The van der Waals surface area contributed by atoms with Crippen LogP contribution in [-0.4, -0.2) is 64.8 Å². The molecule has 2 saturated heterocycles. The lowest BCUT2D eigenvalue weighted by molar-refractivity contribution is -0.241. The van der Waals surface area contributed by atoms with Crippen LogP contribution in [0.4, 0.5) is 0 Å². The molecule has 2 heterocycles. The summed E-state index contributed by atoms with van der Waals surface area (Å²) in [6, 6.07) is 0. The summed E-state index contributed by atoms with van der Waals surface area (Å²) >= 11 is 0. The fourth-order valence-corrected chi connectivity index (χ4v) is 3.56. The zero-order valence-corrected chi connectivity index (χ0v) is 14.2. The van der Waals surface area contributed by atoms with Gasteiger partial charge < -0.3 is 24.7 Å². The Labute approximate surface area is 131 Å². The quantitative estimate of drug-likeness (QED) is 0.696. The normalized spacial score (nSPS) is 39.0. The first-order chi connectivity index (χ1) is 10.1. The van der Waals surface area contributed by atoms with Crippen LogP contribution in [0.1, 0.15) is 26.7 Å². The minimum absolute atomic E-state index is 0.233. The van der Waals surface area contributed by atoms with E-state index in [1.54, 1.807) is 13.8 Å². The van der Waals surface area contributed by atoms with Gasteiger partial charge in [0.1, 0.15) is 24.4 Å². The van der Waals surface area contributed by atoms with E-state index < -0.39 is 46.6 Å². The van der Waals surface area contributed by atoms with Crippen LogP contribution in [0.25, 0.3) is 0 Å². The molecule has 9 heteroatoms. The summed E-state index contributed by atoms with van der Waals surface area (Å²) in [5.41, 5.74) is 5.74. The summed E-state index contributed by atoms with van der Waals surface area (Å²) in [5, 5.41) is 0. The fourth-order valence-electron chi connectivity index (χ4n) is 2.91. The molecule has 0 aromatic carbocycles. The van der Waals surface area contributed by atoms with E-state index in [9.17, 15) is 8.42 Å². The smallest absolute Gasteiger partial charge is 0.264 e. The van der Waals surface area contributed by atoms with Gasteiger partial charge in [-0.1, -0.05) is 0 Å². The maximum atomic E-state index is 11.5. The lowest BCUT2D eigenvalue weighted by atomic mass is 9.97. The first-order valence-corrected chi connectivity index (χ1v) is 9.09. The monoisotopic (exact) mass is 339 g/mol. The van der Waals surface area contributed by atoms with Crippen LogP contribution < -0.4 is 5.73 Å². The Bertz CT molecular complexity index is 481. The van der Waals surface area contributed by atoms with Crippen molar-refractivity contribution < 1.29 is 31.5 Å². The van der Waals surface area contributed by atoms with E-state index in [1.807, 2.05) is 0 Å². The average molecular weight is 339 g/mol. The molecule has 2 N–H and O–H groups in total. The van der Waals surface area contributed by atoms with Crippen molar-refractivity contribution in [2.75, 3.05) is 19.9 Å². The van der Waals surface area contributed by atoms with Gasteiger partial charge in [0, 0.05) is 20.1 Å². The number of hydrogen-bond donors (Lipinski definition) is 1. The van der Waals surface area contributed by atoms with Crippen molar-refractivity contribution in [3.63, 3.8) is 0 Å². The summed E-state index contributed by atoms with van der Waals surface area (Å²) < 4.78 is 50.8. The number of hydrogen-bond acceptors (Lipinski definition) is 8. The summed E-state index contributed by atoms with van der Waals surface area (Å²) in [6.07, 6.45) is -0.614. The van der Waals surface area contributed by atoms with E-state index in [2.05, 4.69) is 0 Å². The lowest BCUT2D eigenvalue weighted by Gasteiger charge is -2.38. The lowest BCUT2D eigenvalue weighted by Crippen LogP contribution is -2.52. The highest BCUT2D eigenvalue weighted by atomic mass is 32.2. The molecule has 2 fully saturated rings. The topological polar surface area (TPSA) is 106 Å². The molecule has 2 aliphatic heterocycles. The Morgan fingerprint density at radius 2 is 1.91 bits per heavy atom. The predicted molar refractivity (Wildman–Crippen MR) is 77.5 cm³/mol. The van der Waals surface area contributed by atoms with Crippen LogP contribution in [0.2, 0.25) is 0 Å². The van der Waals surface area contributed by atoms with Crippen molar-refractivity contribution in [2.45, 2.75) is 63.2 Å². The predicted octanol–water partition coefficient (Wildman–Crippen LogP) is -0.0385. The Morgan fingerprint density at radius 3 is 2.45 bits per heavy atom. The molecule has 2 aliphatic rings. The van der Waals surface area contributed by atoms with E-state index in [1.165, 1.54) is 7.11 Å². The van der Waals surface area contributed by atoms with Gasteiger partial charge in [0.05, 0.1) is 6.26 Å². The second kappa shape index (κ2) is 6.68. The zero-order chi connectivity index (χ0) is 16.5. The third-order valence-corrected chi connectivity index (χ3v) is 4.30. The van der Waals surface area contributed by atoms with Gasteiger partial charge in [-0.2, -0.15) is 8.42 Å². The van der Waals surface area contributed by atoms with Crippen molar-refractivity contribution in [3.8, 4) is 0 Å². The zero-order valence-electron chi connectivity index (χ0n) is 13.4. The number of methoxy groups -OCH3 is 1. The molecule has 0 bridgehead atoms. The molecular formula is C13H25NO7S. The second-order valence-electron chi connectivity index (χ2n) is 6.06. The van der Waals surface area contributed by atoms with Crippen LogP contribution in [0, 0.1) is 0 Å². The van der Waals surface area contributed by atoms with E-state index in [-0.39, 0.29) is 6.54 Å². The summed E-state index contributed by atoms with van der Waals surface area (Å²) in [6.45, 7) is 3.79. The molecule has 0 aromatic rings. The largest absolute Gasteiger partial charge is 0.356 e. The number of nitrogens with two attached hydrogens (primary N) is 1. The third-order valence-electron chi connectivity index (χ3n) is 3.70. The molecule has 0 aliphatic carbocycles. The maximum absolute atomic E-state index is 11.5. The Kier molecular flexibility index (Phi) is 5.48. The molecule has 0 amide bonds. The molecule has 5 atom stereocenters. The average Bonchev–Trinajstić information content (AvgIpc) is 2.72. The van der Waals surface area contributed by atoms with Crippen LogP contribution in [0.5, 0.6) is 0 Å². The second-order valence-corrected chi connectivity index (χ2v) is 7.66. The van der Waals surface area contributed by atoms with Gasteiger partial charge in [0.15, 0.2) is 12.1 Å². The van der Waals surface area contributed by atoms with E-state index in [0.717, 1.165) is 6.26 Å². The van der Waals surface area contributed by atoms with Crippen molar-refractivity contribution >= 4 is 10.1 Å². The van der Waals surface area contributed by atoms with Crippen LogP contribution in [0.3, 0.4) is 0 Å². The minimum Gasteiger partial charge on any atom is -0.356 e. The Morgan fingerprint density at radius 1 is 1.23 bits per heavy atom. The summed E-state index contributed by atoms with van der Waals surface area (Å²) in [5.74, 6) is -0.812. The molecule has 0 radical (unpaired) electrons. The molecule has 0 spiro atoms. The Hall–Kier alpha value is -0.290. The highest BCUT2D eigenvalue weighted by Crippen LogP contribution is 2.36. The molecule has 0 unspecified atom stereocenters. The van der Waals surface area contributed by atoms with Gasteiger partial charge in [-0.15, -0.1) is 0 Å². The van der Waals surface area contributed by atoms with Crippen LogP contribution >= 0.6 is 0 Å². The van der Waals surface area contributed by atoms with Crippen LogP contribution in [-0.2, 0) is 33.2 Å². The highest BCUT2D eigenvalue weighted by molar-refractivity contribution is 7.86. The molecule has 8 nitrogen and oxygen atoms in total. The maximum Gasteiger partial charge on any atom is 0.264 e. The van der Waals surface area contributed by atoms with Gasteiger partial charge >= 0.3 is 0 Å². The van der Waals surface area contributed by atoms with E-state index >= 15 is 0 Å². The summed E-state index contributed by atoms with van der Waals surface area (Å²) in [7, 11) is -2.07. The van der Waals surface area contributed by atoms with Gasteiger partial charge in [-0.05, 0) is 20.3 Å². The van der Waals surface area contributed by atoms with Gasteiger partial charge in [-0.3, -0.25) is 4.18 Å². The molecule has 0 saturated carbocycles. The van der Waals surface area contributed by atoms with Crippen molar-refractivity contribution in [1.82, 2.24) is 0 Å². The van der Waals surface area contributed by atoms with Crippen molar-refractivity contribution in [1.29, 1.82) is 0 Å². The third kappa shape index (κ3) is 4.38. The first kappa shape index (κ1) is 18.1. The standard InChI is InChI=1S/C13H25NO7S/c1-13(2)19-9(7-14)12(20-13)11-8(21-22(4,15)16)5-6-10(17-3)18-11/h8-12H,5-7,14H2,1-4H3/t8-,9-,10+,11+,12+/m0/s1.